The number of benzene rings is 1. The highest BCUT2D eigenvalue weighted by Crippen LogP contribution is 2.58. The molecule has 3 aliphatic carbocycles. The molecular formula is C23H25NO2. The number of amides is 2. The third-order valence-corrected chi connectivity index (χ3v) is 6.89. The minimum absolute atomic E-state index is 0.0134. The van der Waals surface area contributed by atoms with Gasteiger partial charge in [-0.1, -0.05) is 41.9 Å². The van der Waals surface area contributed by atoms with Gasteiger partial charge < -0.3 is 0 Å². The molecule has 0 radical (unpaired) electrons. The van der Waals surface area contributed by atoms with Crippen molar-refractivity contribution in [1.29, 1.82) is 0 Å². The van der Waals surface area contributed by atoms with Crippen LogP contribution in [-0.4, -0.2) is 11.8 Å². The Hall–Kier alpha value is -2.16. The molecule has 2 saturated carbocycles. The lowest BCUT2D eigenvalue weighted by molar-refractivity contribution is -0.122. The van der Waals surface area contributed by atoms with E-state index in [2.05, 4.69) is 12.2 Å². The quantitative estimate of drug-likeness (QED) is 0.555. The Balaban J connectivity index is 1.55. The topological polar surface area (TPSA) is 37.4 Å². The SMILES string of the molecule is Cc1ccc(C)c(N2C(=O)[C@H]3[C@H](C2=O)[C@H]2C=C[C@H]3C2=C2CCCCC2)c1. The average Bonchev–Trinajstić information content (AvgIpc) is 3.28. The predicted molar refractivity (Wildman–Crippen MR) is 102 cm³/mol. The van der Waals surface area contributed by atoms with Gasteiger partial charge in [-0.15, -0.1) is 0 Å². The van der Waals surface area contributed by atoms with Crippen LogP contribution in [0.2, 0.25) is 0 Å². The van der Waals surface area contributed by atoms with Gasteiger partial charge in [-0.25, -0.2) is 4.90 Å². The van der Waals surface area contributed by atoms with Crippen molar-refractivity contribution in [1.82, 2.24) is 0 Å². The summed E-state index contributed by atoms with van der Waals surface area (Å²) in [6.45, 7) is 3.98. The zero-order valence-corrected chi connectivity index (χ0v) is 15.5. The second-order valence-electron chi connectivity index (χ2n) is 8.41. The smallest absolute Gasteiger partial charge is 0.238 e. The molecule has 134 valence electrons. The second-order valence-corrected chi connectivity index (χ2v) is 8.41. The van der Waals surface area contributed by atoms with Crippen molar-refractivity contribution >= 4 is 17.5 Å². The number of imide groups is 1. The third kappa shape index (κ3) is 2.06. The van der Waals surface area contributed by atoms with E-state index in [9.17, 15) is 9.59 Å². The first-order chi connectivity index (χ1) is 12.6. The molecule has 0 unspecified atom stereocenters. The Morgan fingerprint density at radius 1 is 0.885 bits per heavy atom. The first-order valence-electron chi connectivity index (χ1n) is 9.93. The first-order valence-corrected chi connectivity index (χ1v) is 9.93. The zero-order valence-electron chi connectivity index (χ0n) is 15.5. The summed E-state index contributed by atoms with van der Waals surface area (Å²) in [7, 11) is 0. The molecule has 1 aliphatic heterocycles. The Bertz CT molecular complexity index is 836. The standard InChI is InChI=1S/C23H25NO2/c1-13-8-9-14(2)18(12-13)24-22(25)20-16-10-11-17(21(20)23(24)26)19(16)15-6-4-3-5-7-15/h8-12,16-17,20-21H,3-7H2,1-2H3/t16-,17-,20+,21+/m0/s1. The van der Waals surface area contributed by atoms with Gasteiger partial charge in [-0.05, 0) is 56.7 Å². The molecular weight excluding hydrogens is 322 g/mol. The fourth-order valence-corrected chi connectivity index (χ4v) is 5.70. The second kappa shape index (κ2) is 5.67. The average molecular weight is 347 g/mol. The lowest BCUT2D eigenvalue weighted by Gasteiger charge is -2.24. The summed E-state index contributed by atoms with van der Waals surface area (Å²) in [5, 5.41) is 0. The molecule has 3 fully saturated rings. The maximum absolute atomic E-state index is 13.3. The Morgan fingerprint density at radius 3 is 2.12 bits per heavy atom. The molecule has 2 bridgehead atoms. The predicted octanol–water partition coefficient (Wildman–Crippen LogP) is 4.49. The van der Waals surface area contributed by atoms with Crippen molar-refractivity contribution in [3.05, 3.63) is 52.6 Å². The van der Waals surface area contributed by atoms with Crippen LogP contribution >= 0.6 is 0 Å². The summed E-state index contributed by atoms with van der Waals surface area (Å²) in [5.74, 6) is -0.0167. The number of anilines is 1. The van der Waals surface area contributed by atoms with Gasteiger partial charge in [0.05, 0.1) is 17.5 Å². The number of fused-ring (bicyclic) bond motifs is 5. The van der Waals surface area contributed by atoms with E-state index in [4.69, 9.17) is 0 Å². The van der Waals surface area contributed by atoms with Crippen LogP contribution in [0.3, 0.4) is 0 Å². The fourth-order valence-electron chi connectivity index (χ4n) is 5.70. The summed E-state index contributed by atoms with van der Waals surface area (Å²) in [5.41, 5.74) is 5.82. The number of hydrogen-bond donors (Lipinski definition) is 0. The van der Waals surface area contributed by atoms with Crippen molar-refractivity contribution in [2.24, 2.45) is 23.7 Å². The number of hydrogen-bond acceptors (Lipinski definition) is 2. The molecule has 0 N–H and O–H groups in total. The molecule has 4 aliphatic rings. The van der Waals surface area contributed by atoms with E-state index in [1.54, 1.807) is 5.57 Å². The van der Waals surface area contributed by atoms with Crippen molar-refractivity contribution in [3.63, 3.8) is 0 Å². The van der Waals surface area contributed by atoms with Crippen LogP contribution in [-0.2, 0) is 9.59 Å². The van der Waals surface area contributed by atoms with Crippen LogP contribution < -0.4 is 4.90 Å². The van der Waals surface area contributed by atoms with Crippen molar-refractivity contribution < 1.29 is 9.59 Å². The Morgan fingerprint density at radius 2 is 1.50 bits per heavy atom. The van der Waals surface area contributed by atoms with Gasteiger partial charge >= 0.3 is 0 Å². The van der Waals surface area contributed by atoms with Crippen molar-refractivity contribution in [2.75, 3.05) is 4.90 Å². The van der Waals surface area contributed by atoms with Gasteiger partial charge in [0.1, 0.15) is 0 Å². The molecule has 2 amide bonds. The third-order valence-electron chi connectivity index (χ3n) is 6.89. The number of carbonyl (C=O) groups is 2. The Kier molecular flexibility index (Phi) is 3.50. The molecule has 0 spiro atoms. The summed E-state index contributed by atoms with van der Waals surface area (Å²) < 4.78 is 0. The van der Waals surface area contributed by atoms with E-state index in [0.29, 0.717) is 0 Å². The summed E-state index contributed by atoms with van der Waals surface area (Å²) in [6, 6.07) is 6.01. The van der Waals surface area contributed by atoms with E-state index in [1.807, 2.05) is 32.0 Å². The van der Waals surface area contributed by atoms with Gasteiger partial charge in [0.2, 0.25) is 11.8 Å². The van der Waals surface area contributed by atoms with Gasteiger partial charge in [-0.2, -0.15) is 0 Å². The maximum Gasteiger partial charge on any atom is 0.238 e. The first kappa shape index (κ1) is 16.0. The van der Waals surface area contributed by atoms with Crippen LogP contribution in [0.5, 0.6) is 0 Å². The van der Waals surface area contributed by atoms with Gasteiger partial charge in [-0.3, -0.25) is 9.59 Å². The van der Waals surface area contributed by atoms with Gasteiger partial charge in [0.15, 0.2) is 0 Å². The van der Waals surface area contributed by atoms with Crippen molar-refractivity contribution in [2.45, 2.75) is 46.0 Å². The summed E-state index contributed by atoms with van der Waals surface area (Å²) in [4.78, 5) is 28.1. The molecule has 1 aromatic rings. The monoisotopic (exact) mass is 347 g/mol. The Labute approximate surface area is 154 Å². The van der Waals surface area contributed by atoms with Gasteiger partial charge in [0.25, 0.3) is 0 Å². The van der Waals surface area contributed by atoms with E-state index < -0.39 is 0 Å². The number of carbonyl (C=O) groups excluding carboxylic acids is 2. The largest absolute Gasteiger partial charge is 0.274 e. The van der Waals surface area contributed by atoms with Crippen LogP contribution in [0, 0.1) is 37.5 Å². The number of allylic oxidation sites excluding steroid dienone is 4. The summed E-state index contributed by atoms with van der Waals surface area (Å²) in [6.07, 6.45) is 10.6. The van der Waals surface area contributed by atoms with E-state index >= 15 is 0 Å². The van der Waals surface area contributed by atoms with Crippen LogP contribution in [0.1, 0.15) is 43.2 Å². The lowest BCUT2D eigenvalue weighted by Crippen LogP contribution is -2.34. The minimum atomic E-state index is -0.179. The van der Waals surface area contributed by atoms with Crippen LogP contribution in [0.4, 0.5) is 5.69 Å². The minimum Gasteiger partial charge on any atom is -0.274 e. The molecule has 1 saturated heterocycles. The van der Waals surface area contributed by atoms with E-state index in [0.717, 1.165) is 29.7 Å². The molecule has 3 nitrogen and oxygen atoms in total. The molecule has 1 heterocycles. The van der Waals surface area contributed by atoms with E-state index in [1.165, 1.54) is 29.7 Å². The fraction of sp³-hybridized carbons (Fsp3) is 0.478. The highest BCUT2D eigenvalue weighted by Gasteiger charge is 2.62. The summed E-state index contributed by atoms with van der Waals surface area (Å²) >= 11 is 0. The number of rotatable bonds is 1. The molecule has 4 atom stereocenters. The molecule has 5 rings (SSSR count). The number of nitrogens with zero attached hydrogens (tertiary/aromatic N) is 1. The zero-order chi connectivity index (χ0) is 18.0. The molecule has 26 heavy (non-hydrogen) atoms. The molecule has 1 aromatic carbocycles. The van der Waals surface area contributed by atoms with Crippen LogP contribution in [0.15, 0.2) is 41.5 Å². The molecule has 0 aromatic heterocycles. The van der Waals surface area contributed by atoms with Crippen molar-refractivity contribution in [3.8, 4) is 0 Å². The highest BCUT2D eigenvalue weighted by molar-refractivity contribution is 6.23. The highest BCUT2D eigenvalue weighted by atomic mass is 16.2. The van der Waals surface area contributed by atoms with Crippen LogP contribution in [0.25, 0.3) is 0 Å². The number of aryl methyl sites for hydroxylation is 2. The lowest BCUT2D eigenvalue weighted by atomic mass is 9.85. The molecule has 3 heteroatoms. The normalized spacial score (nSPS) is 32.8. The maximum atomic E-state index is 13.3. The van der Waals surface area contributed by atoms with Gasteiger partial charge in [0, 0.05) is 11.8 Å². The van der Waals surface area contributed by atoms with E-state index in [-0.39, 0.29) is 35.5 Å².